The lowest BCUT2D eigenvalue weighted by molar-refractivity contribution is 0.213. The van der Waals surface area contributed by atoms with Gasteiger partial charge in [0.15, 0.2) is 0 Å². The SMILES string of the molecule is Cc1ccc(C(C)C)c(OC(C)CNCC(C)C)c1. The number of ether oxygens (including phenoxy) is 1. The summed E-state index contributed by atoms with van der Waals surface area (Å²) in [6.07, 6.45) is 0.193. The van der Waals surface area contributed by atoms with Gasteiger partial charge >= 0.3 is 0 Å². The summed E-state index contributed by atoms with van der Waals surface area (Å²) in [5.74, 6) is 2.21. The summed E-state index contributed by atoms with van der Waals surface area (Å²) in [7, 11) is 0. The molecule has 0 heterocycles. The van der Waals surface area contributed by atoms with Gasteiger partial charge in [0.25, 0.3) is 0 Å². The van der Waals surface area contributed by atoms with Crippen molar-refractivity contribution in [2.24, 2.45) is 5.92 Å². The molecular formula is C17H29NO. The van der Waals surface area contributed by atoms with Crippen LogP contribution in [-0.4, -0.2) is 19.2 Å². The molecule has 1 atom stereocenters. The monoisotopic (exact) mass is 263 g/mol. The Hall–Kier alpha value is -1.02. The summed E-state index contributed by atoms with van der Waals surface area (Å²) in [5.41, 5.74) is 2.54. The first-order chi connectivity index (χ1) is 8.90. The van der Waals surface area contributed by atoms with Crippen LogP contribution in [0.25, 0.3) is 0 Å². The second kappa shape index (κ2) is 7.54. The molecule has 0 saturated heterocycles. The van der Waals surface area contributed by atoms with E-state index >= 15 is 0 Å². The maximum absolute atomic E-state index is 6.11. The van der Waals surface area contributed by atoms with Gasteiger partial charge in [0.05, 0.1) is 0 Å². The third kappa shape index (κ3) is 5.65. The lowest BCUT2D eigenvalue weighted by atomic mass is 10.0. The highest BCUT2D eigenvalue weighted by Gasteiger charge is 2.11. The summed E-state index contributed by atoms with van der Waals surface area (Å²) in [6.45, 7) is 15.0. The fraction of sp³-hybridized carbons (Fsp3) is 0.647. The predicted octanol–water partition coefficient (Wildman–Crippen LogP) is 4.13. The summed E-state index contributed by atoms with van der Waals surface area (Å²) in [5, 5.41) is 3.44. The largest absolute Gasteiger partial charge is 0.489 e. The first-order valence-corrected chi connectivity index (χ1v) is 7.38. The summed E-state index contributed by atoms with van der Waals surface area (Å²) in [6, 6.07) is 6.49. The number of hydrogen-bond donors (Lipinski definition) is 1. The minimum Gasteiger partial charge on any atom is -0.489 e. The van der Waals surface area contributed by atoms with Crippen LogP contribution < -0.4 is 10.1 Å². The van der Waals surface area contributed by atoms with E-state index in [1.54, 1.807) is 0 Å². The van der Waals surface area contributed by atoms with Gasteiger partial charge in [-0.3, -0.25) is 0 Å². The van der Waals surface area contributed by atoms with Gasteiger partial charge in [0.1, 0.15) is 11.9 Å². The highest BCUT2D eigenvalue weighted by molar-refractivity contribution is 5.39. The molecule has 108 valence electrons. The van der Waals surface area contributed by atoms with Crippen LogP contribution in [0, 0.1) is 12.8 Å². The average Bonchev–Trinajstić information content (AvgIpc) is 2.27. The zero-order valence-corrected chi connectivity index (χ0v) is 13.3. The van der Waals surface area contributed by atoms with Crippen molar-refractivity contribution in [3.8, 4) is 5.75 Å². The van der Waals surface area contributed by atoms with E-state index in [1.165, 1.54) is 11.1 Å². The highest BCUT2D eigenvalue weighted by Crippen LogP contribution is 2.28. The zero-order valence-electron chi connectivity index (χ0n) is 13.3. The van der Waals surface area contributed by atoms with E-state index in [0.29, 0.717) is 11.8 Å². The Balaban J connectivity index is 2.62. The summed E-state index contributed by atoms with van der Waals surface area (Å²) >= 11 is 0. The molecule has 2 heteroatoms. The fourth-order valence-electron chi connectivity index (χ4n) is 2.05. The van der Waals surface area contributed by atoms with Crippen molar-refractivity contribution in [2.75, 3.05) is 13.1 Å². The van der Waals surface area contributed by atoms with Gasteiger partial charge in [-0.2, -0.15) is 0 Å². The van der Waals surface area contributed by atoms with Crippen LogP contribution in [0.5, 0.6) is 5.75 Å². The number of hydrogen-bond acceptors (Lipinski definition) is 2. The van der Waals surface area contributed by atoms with Crippen LogP contribution in [0.15, 0.2) is 18.2 Å². The normalized spacial score (nSPS) is 13.1. The first-order valence-electron chi connectivity index (χ1n) is 7.38. The average molecular weight is 263 g/mol. The number of benzene rings is 1. The molecule has 0 fully saturated rings. The van der Waals surface area contributed by atoms with E-state index in [-0.39, 0.29) is 6.10 Å². The molecule has 0 bridgehead atoms. The van der Waals surface area contributed by atoms with Crippen molar-refractivity contribution in [2.45, 2.75) is 53.6 Å². The third-order valence-corrected chi connectivity index (χ3v) is 3.10. The number of aryl methyl sites for hydroxylation is 1. The number of rotatable bonds is 7. The van der Waals surface area contributed by atoms with Crippen LogP contribution in [0.1, 0.15) is 51.7 Å². The van der Waals surface area contributed by atoms with Crippen molar-refractivity contribution in [3.05, 3.63) is 29.3 Å². The molecule has 0 aliphatic rings. The zero-order chi connectivity index (χ0) is 14.4. The van der Waals surface area contributed by atoms with Crippen molar-refractivity contribution in [1.82, 2.24) is 5.32 Å². The van der Waals surface area contributed by atoms with Crippen LogP contribution in [0.3, 0.4) is 0 Å². The maximum atomic E-state index is 6.11. The van der Waals surface area contributed by atoms with E-state index in [2.05, 4.69) is 65.1 Å². The number of nitrogens with one attached hydrogen (secondary N) is 1. The minimum atomic E-state index is 0.193. The molecule has 0 aromatic heterocycles. The molecule has 0 spiro atoms. The van der Waals surface area contributed by atoms with Gasteiger partial charge in [-0.05, 0) is 49.4 Å². The molecule has 2 nitrogen and oxygen atoms in total. The Morgan fingerprint density at radius 3 is 2.32 bits per heavy atom. The van der Waals surface area contributed by atoms with Crippen LogP contribution in [0.4, 0.5) is 0 Å². The molecule has 1 N–H and O–H groups in total. The van der Waals surface area contributed by atoms with Crippen LogP contribution >= 0.6 is 0 Å². The molecule has 1 aromatic rings. The van der Waals surface area contributed by atoms with Gasteiger partial charge in [-0.25, -0.2) is 0 Å². The molecular weight excluding hydrogens is 234 g/mol. The Morgan fingerprint density at radius 2 is 1.74 bits per heavy atom. The molecule has 0 saturated carbocycles. The quantitative estimate of drug-likeness (QED) is 0.798. The van der Waals surface area contributed by atoms with E-state index in [4.69, 9.17) is 4.74 Å². The molecule has 1 aromatic carbocycles. The highest BCUT2D eigenvalue weighted by atomic mass is 16.5. The van der Waals surface area contributed by atoms with E-state index in [0.717, 1.165) is 18.8 Å². The van der Waals surface area contributed by atoms with Gasteiger partial charge in [0.2, 0.25) is 0 Å². The Labute approximate surface area is 118 Å². The van der Waals surface area contributed by atoms with Crippen molar-refractivity contribution < 1.29 is 4.74 Å². The molecule has 0 amide bonds. The standard InChI is InChI=1S/C17H29NO/c1-12(2)10-18-11-15(6)19-17-9-14(5)7-8-16(17)13(3)4/h7-9,12-13,15,18H,10-11H2,1-6H3. The van der Waals surface area contributed by atoms with E-state index in [1.807, 2.05) is 0 Å². The third-order valence-electron chi connectivity index (χ3n) is 3.10. The fourth-order valence-corrected chi connectivity index (χ4v) is 2.05. The van der Waals surface area contributed by atoms with E-state index < -0.39 is 0 Å². The molecule has 19 heavy (non-hydrogen) atoms. The molecule has 0 aliphatic carbocycles. The van der Waals surface area contributed by atoms with Crippen molar-refractivity contribution in [3.63, 3.8) is 0 Å². The predicted molar refractivity (Wildman–Crippen MR) is 83.1 cm³/mol. The summed E-state index contributed by atoms with van der Waals surface area (Å²) in [4.78, 5) is 0. The van der Waals surface area contributed by atoms with Gasteiger partial charge in [-0.1, -0.05) is 39.8 Å². The Morgan fingerprint density at radius 1 is 1.05 bits per heavy atom. The van der Waals surface area contributed by atoms with Gasteiger partial charge in [0, 0.05) is 6.54 Å². The smallest absolute Gasteiger partial charge is 0.123 e. The lowest BCUT2D eigenvalue weighted by Gasteiger charge is -2.20. The van der Waals surface area contributed by atoms with Crippen LogP contribution in [0.2, 0.25) is 0 Å². The first kappa shape index (κ1) is 16.0. The molecule has 1 rings (SSSR count). The van der Waals surface area contributed by atoms with E-state index in [9.17, 15) is 0 Å². The van der Waals surface area contributed by atoms with Gasteiger partial charge < -0.3 is 10.1 Å². The second-order valence-electron chi connectivity index (χ2n) is 6.18. The Kier molecular flexibility index (Phi) is 6.36. The summed E-state index contributed by atoms with van der Waals surface area (Å²) < 4.78 is 6.11. The maximum Gasteiger partial charge on any atom is 0.123 e. The van der Waals surface area contributed by atoms with Gasteiger partial charge in [-0.15, -0.1) is 0 Å². The molecule has 0 aliphatic heterocycles. The van der Waals surface area contributed by atoms with Crippen molar-refractivity contribution in [1.29, 1.82) is 0 Å². The van der Waals surface area contributed by atoms with Crippen LogP contribution in [-0.2, 0) is 0 Å². The Bertz CT molecular complexity index is 385. The second-order valence-corrected chi connectivity index (χ2v) is 6.18. The molecule has 0 radical (unpaired) electrons. The minimum absolute atomic E-state index is 0.193. The topological polar surface area (TPSA) is 21.3 Å². The molecule has 1 unspecified atom stereocenters. The lowest BCUT2D eigenvalue weighted by Crippen LogP contribution is -2.31. The van der Waals surface area contributed by atoms with Crippen molar-refractivity contribution >= 4 is 0 Å².